The number of aryl methyl sites for hydroxylation is 2. The third-order valence-electron chi connectivity index (χ3n) is 3.51. The normalized spacial score (nSPS) is 20.5. The van der Waals surface area contributed by atoms with Crippen LogP contribution in [0.25, 0.3) is 0 Å². The zero-order valence-electron chi connectivity index (χ0n) is 11.1. The largest absolute Gasteiger partial charge is 0.409 e. The first-order valence-corrected chi connectivity index (χ1v) is 6.27. The van der Waals surface area contributed by atoms with E-state index in [1.54, 1.807) is 0 Å². The fraction of sp³-hybridized carbons (Fsp3) is 0.538. The molecule has 3 N–H and O–H groups in total. The van der Waals surface area contributed by atoms with E-state index in [9.17, 15) is 0 Å². The number of amidine groups is 1. The van der Waals surface area contributed by atoms with E-state index in [0.717, 1.165) is 42.0 Å². The minimum Gasteiger partial charge on any atom is -0.409 e. The molecular formula is C13H20N4O. The Bertz CT molecular complexity index is 484. The van der Waals surface area contributed by atoms with E-state index >= 15 is 0 Å². The summed E-state index contributed by atoms with van der Waals surface area (Å²) in [6.45, 7) is 7.09. The van der Waals surface area contributed by atoms with Crippen LogP contribution in [0, 0.1) is 13.8 Å². The molecule has 1 aromatic rings. The van der Waals surface area contributed by atoms with Gasteiger partial charge in [-0.2, -0.15) is 0 Å². The van der Waals surface area contributed by atoms with Crippen LogP contribution in [0.4, 0.5) is 5.82 Å². The maximum absolute atomic E-state index is 8.93. The molecule has 1 aromatic heterocycles. The van der Waals surface area contributed by atoms with Gasteiger partial charge in [0.2, 0.25) is 0 Å². The first-order valence-electron chi connectivity index (χ1n) is 6.27. The van der Waals surface area contributed by atoms with E-state index in [1.165, 1.54) is 0 Å². The molecule has 2 heterocycles. The number of pyridine rings is 1. The van der Waals surface area contributed by atoms with Gasteiger partial charge in [0.05, 0.1) is 5.56 Å². The van der Waals surface area contributed by atoms with Crippen molar-refractivity contribution in [2.75, 3.05) is 11.4 Å². The minimum absolute atomic E-state index is 0.133. The van der Waals surface area contributed by atoms with Crippen molar-refractivity contribution >= 4 is 11.7 Å². The van der Waals surface area contributed by atoms with Crippen LogP contribution >= 0.6 is 0 Å². The molecule has 2 rings (SSSR count). The number of hydrogen-bond donors (Lipinski definition) is 2. The van der Waals surface area contributed by atoms with E-state index in [2.05, 4.69) is 22.0 Å². The molecule has 5 nitrogen and oxygen atoms in total. The van der Waals surface area contributed by atoms with Gasteiger partial charge in [-0.25, -0.2) is 4.98 Å². The van der Waals surface area contributed by atoms with Crippen molar-refractivity contribution in [3.63, 3.8) is 0 Å². The SMILES string of the molecule is Cc1cc(C)c(/C(N)=N/O)c(N2CCCC2C)n1. The topological polar surface area (TPSA) is 74.7 Å². The zero-order chi connectivity index (χ0) is 13.3. The third kappa shape index (κ3) is 2.12. The monoisotopic (exact) mass is 248 g/mol. The Morgan fingerprint density at radius 2 is 2.28 bits per heavy atom. The Hall–Kier alpha value is -1.78. The first kappa shape index (κ1) is 12.7. The molecule has 0 radical (unpaired) electrons. The van der Waals surface area contributed by atoms with Gasteiger partial charge < -0.3 is 15.8 Å². The molecule has 0 spiro atoms. The molecule has 98 valence electrons. The summed E-state index contributed by atoms with van der Waals surface area (Å²) in [7, 11) is 0. The van der Waals surface area contributed by atoms with Crippen LogP contribution < -0.4 is 10.6 Å². The molecule has 0 aliphatic carbocycles. The van der Waals surface area contributed by atoms with Crippen LogP contribution in [-0.2, 0) is 0 Å². The highest BCUT2D eigenvalue weighted by Gasteiger charge is 2.26. The molecule has 1 aliphatic heterocycles. The number of hydrogen-bond acceptors (Lipinski definition) is 4. The summed E-state index contributed by atoms with van der Waals surface area (Å²) in [6, 6.07) is 2.40. The quantitative estimate of drug-likeness (QED) is 0.362. The fourth-order valence-electron chi connectivity index (χ4n) is 2.64. The highest BCUT2D eigenvalue weighted by molar-refractivity contribution is 6.02. The van der Waals surface area contributed by atoms with Crippen molar-refractivity contribution in [3.8, 4) is 0 Å². The summed E-state index contributed by atoms with van der Waals surface area (Å²) in [5, 5.41) is 12.1. The predicted molar refractivity (Wildman–Crippen MR) is 72.3 cm³/mol. The Morgan fingerprint density at radius 3 is 2.83 bits per heavy atom. The van der Waals surface area contributed by atoms with Crippen molar-refractivity contribution in [2.24, 2.45) is 10.9 Å². The van der Waals surface area contributed by atoms with Gasteiger partial charge in [0, 0.05) is 18.3 Å². The molecule has 18 heavy (non-hydrogen) atoms. The van der Waals surface area contributed by atoms with Crippen LogP contribution in [0.1, 0.15) is 36.6 Å². The summed E-state index contributed by atoms with van der Waals surface area (Å²) in [5.74, 6) is 0.974. The van der Waals surface area contributed by atoms with Crippen molar-refractivity contribution in [2.45, 2.75) is 39.7 Å². The highest BCUT2D eigenvalue weighted by Crippen LogP contribution is 2.29. The molecule has 0 amide bonds. The fourth-order valence-corrected chi connectivity index (χ4v) is 2.64. The van der Waals surface area contributed by atoms with Crippen LogP contribution in [0.5, 0.6) is 0 Å². The van der Waals surface area contributed by atoms with Crippen LogP contribution in [0.3, 0.4) is 0 Å². The Kier molecular flexibility index (Phi) is 3.41. The zero-order valence-corrected chi connectivity index (χ0v) is 11.1. The summed E-state index contributed by atoms with van der Waals surface area (Å²) < 4.78 is 0. The van der Waals surface area contributed by atoms with Crippen LogP contribution in [-0.4, -0.2) is 28.6 Å². The lowest BCUT2D eigenvalue weighted by Gasteiger charge is -2.26. The maximum atomic E-state index is 8.93. The molecule has 0 bridgehead atoms. The molecule has 0 saturated carbocycles. The number of nitrogens with zero attached hydrogens (tertiary/aromatic N) is 3. The average molecular weight is 248 g/mol. The number of oxime groups is 1. The number of rotatable bonds is 2. The van der Waals surface area contributed by atoms with Crippen LogP contribution in [0.15, 0.2) is 11.2 Å². The Morgan fingerprint density at radius 1 is 1.56 bits per heavy atom. The van der Waals surface area contributed by atoms with E-state index in [-0.39, 0.29) is 5.84 Å². The van der Waals surface area contributed by atoms with E-state index in [4.69, 9.17) is 10.9 Å². The Labute approximate surface area is 107 Å². The standard InChI is InChI=1S/C13H20N4O/c1-8-7-9(2)15-13(11(8)12(14)16-18)17-6-4-5-10(17)3/h7,10,18H,4-6H2,1-3H3,(H2,14,16). The summed E-state index contributed by atoms with van der Waals surface area (Å²) in [4.78, 5) is 6.83. The molecule has 1 fully saturated rings. The average Bonchev–Trinajstić information content (AvgIpc) is 2.73. The van der Waals surface area contributed by atoms with Gasteiger partial charge in [-0.1, -0.05) is 5.16 Å². The predicted octanol–water partition coefficient (Wildman–Crippen LogP) is 1.78. The number of nitrogens with two attached hydrogens (primary N) is 1. The molecular weight excluding hydrogens is 228 g/mol. The number of aromatic nitrogens is 1. The van der Waals surface area contributed by atoms with Crippen LogP contribution in [0.2, 0.25) is 0 Å². The molecule has 1 atom stereocenters. The second-order valence-electron chi connectivity index (χ2n) is 4.95. The summed E-state index contributed by atoms with van der Waals surface area (Å²) in [5.41, 5.74) is 8.49. The van der Waals surface area contributed by atoms with Gasteiger partial charge >= 0.3 is 0 Å². The summed E-state index contributed by atoms with van der Waals surface area (Å²) >= 11 is 0. The highest BCUT2D eigenvalue weighted by atomic mass is 16.4. The second kappa shape index (κ2) is 4.84. The minimum atomic E-state index is 0.133. The van der Waals surface area contributed by atoms with Crippen molar-refractivity contribution in [1.29, 1.82) is 0 Å². The third-order valence-corrected chi connectivity index (χ3v) is 3.51. The van der Waals surface area contributed by atoms with Gasteiger partial charge in [0.1, 0.15) is 5.82 Å². The molecule has 5 heteroatoms. The molecule has 1 unspecified atom stereocenters. The van der Waals surface area contributed by atoms with Crippen molar-refractivity contribution in [1.82, 2.24) is 4.98 Å². The van der Waals surface area contributed by atoms with Gasteiger partial charge in [0.25, 0.3) is 0 Å². The van der Waals surface area contributed by atoms with Gasteiger partial charge in [-0.05, 0) is 45.2 Å². The van der Waals surface area contributed by atoms with E-state index < -0.39 is 0 Å². The molecule has 1 saturated heterocycles. The Balaban J connectivity index is 2.57. The lowest BCUT2D eigenvalue weighted by Crippen LogP contribution is -2.31. The first-order chi connectivity index (χ1) is 8.54. The lowest BCUT2D eigenvalue weighted by atomic mass is 10.1. The lowest BCUT2D eigenvalue weighted by molar-refractivity contribution is 0.318. The number of anilines is 1. The van der Waals surface area contributed by atoms with E-state index in [1.807, 2.05) is 19.9 Å². The molecule has 0 aromatic carbocycles. The van der Waals surface area contributed by atoms with E-state index in [0.29, 0.717) is 6.04 Å². The molecule has 1 aliphatic rings. The van der Waals surface area contributed by atoms with Crippen molar-refractivity contribution < 1.29 is 5.21 Å². The van der Waals surface area contributed by atoms with Gasteiger partial charge in [-0.3, -0.25) is 0 Å². The smallest absolute Gasteiger partial charge is 0.174 e. The maximum Gasteiger partial charge on any atom is 0.174 e. The van der Waals surface area contributed by atoms with Gasteiger partial charge in [-0.15, -0.1) is 0 Å². The summed E-state index contributed by atoms with van der Waals surface area (Å²) in [6.07, 6.45) is 2.32. The van der Waals surface area contributed by atoms with Gasteiger partial charge in [0.15, 0.2) is 5.84 Å². The second-order valence-corrected chi connectivity index (χ2v) is 4.95. The van der Waals surface area contributed by atoms with Crippen molar-refractivity contribution in [3.05, 3.63) is 22.9 Å².